The molecule has 0 radical (unpaired) electrons. The molecule has 96 valence electrons. The van der Waals surface area contributed by atoms with Crippen molar-refractivity contribution in [3.63, 3.8) is 0 Å². The number of hydrogen-bond donors (Lipinski definition) is 0. The first-order valence-electron chi connectivity index (χ1n) is 6.10. The van der Waals surface area contributed by atoms with Crippen LogP contribution in [0.3, 0.4) is 0 Å². The molecular weight excluding hydrogens is 232 g/mol. The van der Waals surface area contributed by atoms with Crippen LogP contribution in [0.5, 0.6) is 0 Å². The van der Waals surface area contributed by atoms with Crippen LogP contribution in [0.1, 0.15) is 37.0 Å². The topological polar surface area (TPSA) is 63.4 Å². The van der Waals surface area contributed by atoms with E-state index in [2.05, 4.69) is 4.90 Å². The van der Waals surface area contributed by atoms with Crippen molar-refractivity contribution in [1.82, 2.24) is 0 Å². The van der Waals surface area contributed by atoms with Gasteiger partial charge in [-0.15, -0.1) is 0 Å². The molecule has 0 atom stereocenters. The lowest BCUT2D eigenvalue weighted by molar-refractivity contribution is -0.385. The van der Waals surface area contributed by atoms with Gasteiger partial charge in [-0.2, -0.15) is 0 Å². The molecule has 1 aromatic rings. The lowest BCUT2D eigenvalue weighted by atomic mass is 10.1. The maximum atomic E-state index is 11.5. The van der Waals surface area contributed by atoms with E-state index in [9.17, 15) is 14.9 Å². The summed E-state index contributed by atoms with van der Waals surface area (Å²) in [6.07, 6.45) is 2.31. The van der Waals surface area contributed by atoms with E-state index in [0.717, 1.165) is 25.1 Å². The van der Waals surface area contributed by atoms with Crippen molar-refractivity contribution < 1.29 is 9.72 Å². The molecule has 1 aliphatic carbocycles. The quantitative estimate of drug-likeness (QED) is 0.456. The van der Waals surface area contributed by atoms with Gasteiger partial charge in [-0.25, -0.2) is 0 Å². The average Bonchev–Trinajstić information content (AvgIpc) is 3.14. The summed E-state index contributed by atoms with van der Waals surface area (Å²) in [5.41, 5.74) is 0.977. The van der Waals surface area contributed by atoms with Gasteiger partial charge < -0.3 is 4.90 Å². The third-order valence-corrected chi connectivity index (χ3v) is 3.22. The second-order valence-electron chi connectivity index (χ2n) is 4.53. The molecule has 18 heavy (non-hydrogen) atoms. The van der Waals surface area contributed by atoms with Gasteiger partial charge in [0.25, 0.3) is 5.69 Å². The van der Waals surface area contributed by atoms with Crippen LogP contribution in [0.4, 0.5) is 11.4 Å². The van der Waals surface area contributed by atoms with Gasteiger partial charge in [0.1, 0.15) is 0 Å². The largest absolute Gasteiger partial charge is 0.369 e. The van der Waals surface area contributed by atoms with Crippen LogP contribution in [0, 0.1) is 10.1 Å². The van der Waals surface area contributed by atoms with Gasteiger partial charge >= 0.3 is 0 Å². The average molecular weight is 248 g/mol. The molecule has 5 nitrogen and oxygen atoms in total. The molecule has 0 spiro atoms. The van der Waals surface area contributed by atoms with Gasteiger partial charge in [-0.05, 0) is 38.8 Å². The molecular formula is C13H16N2O3. The number of Topliss-reactive ketones (excluding diaryl/α,β-unsaturated/α-hetero) is 1. The molecule has 2 rings (SSSR count). The SMILES string of the molecule is CCN(c1ccc([N+](=O)[O-])c(C(C)=O)c1)C1CC1. The minimum atomic E-state index is -0.506. The first-order chi connectivity index (χ1) is 8.54. The summed E-state index contributed by atoms with van der Waals surface area (Å²) in [6.45, 7) is 4.26. The zero-order chi connectivity index (χ0) is 13.3. The summed E-state index contributed by atoms with van der Waals surface area (Å²) in [6, 6.07) is 5.32. The Morgan fingerprint density at radius 3 is 2.61 bits per heavy atom. The number of nitro benzene ring substituents is 1. The lowest BCUT2D eigenvalue weighted by Crippen LogP contribution is -2.25. The minimum absolute atomic E-state index is 0.113. The Kier molecular flexibility index (Phi) is 3.32. The third kappa shape index (κ3) is 2.34. The Bertz CT molecular complexity index is 495. The fourth-order valence-corrected chi connectivity index (χ4v) is 2.18. The molecule has 1 saturated carbocycles. The Morgan fingerprint density at radius 1 is 1.50 bits per heavy atom. The number of benzene rings is 1. The number of nitro groups is 1. The van der Waals surface area contributed by atoms with Gasteiger partial charge in [-0.3, -0.25) is 14.9 Å². The highest BCUT2D eigenvalue weighted by atomic mass is 16.6. The molecule has 1 fully saturated rings. The Labute approximate surface area is 106 Å². The van der Waals surface area contributed by atoms with Crippen LogP contribution in [0.25, 0.3) is 0 Å². The molecule has 1 aliphatic rings. The first-order valence-corrected chi connectivity index (χ1v) is 6.10. The van der Waals surface area contributed by atoms with Gasteiger partial charge in [0, 0.05) is 24.3 Å². The molecule has 1 aromatic carbocycles. The number of nitrogens with zero attached hydrogens (tertiary/aromatic N) is 2. The van der Waals surface area contributed by atoms with E-state index in [-0.39, 0.29) is 17.0 Å². The molecule has 0 N–H and O–H groups in total. The van der Waals surface area contributed by atoms with E-state index >= 15 is 0 Å². The molecule has 0 unspecified atom stereocenters. The molecule has 0 aliphatic heterocycles. The summed E-state index contributed by atoms with van der Waals surface area (Å²) in [7, 11) is 0. The van der Waals surface area contributed by atoms with Gasteiger partial charge in [0.2, 0.25) is 0 Å². The molecule has 0 amide bonds. The van der Waals surface area contributed by atoms with Crippen LogP contribution in [-0.4, -0.2) is 23.3 Å². The maximum absolute atomic E-state index is 11.5. The predicted octanol–water partition coefficient (Wildman–Crippen LogP) is 2.79. The van der Waals surface area contributed by atoms with Crippen molar-refractivity contribution in [1.29, 1.82) is 0 Å². The minimum Gasteiger partial charge on any atom is -0.369 e. The number of carbonyl (C=O) groups excluding carboxylic acids is 1. The summed E-state index contributed by atoms with van der Waals surface area (Å²) < 4.78 is 0. The Hall–Kier alpha value is -1.91. The van der Waals surface area contributed by atoms with Crippen molar-refractivity contribution in [3.8, 4) is 0 Å². The number of ketones is 1. The van der Waals surface area contributed by atoms with Crippen molar-refractivity contribution in [3.05, 3.63) is 33.9 Å². The molecule has 0 aromatic heterocycles. The first kappa shape index (κ1) is 12.5. The predicted molar refractivity (Wildman–Crippen MR) is 69.1 cm³/mol. The monoisotopic (exact) mass is 248 g/mol. The van der Waals surface area contributed by atoms with Crippen LogP contribution in [0.2, 0.25) is 0 Å². The van der Waals surface area contributed by atoms with Gasteiger partial charge in [0.15, 0.2) is 5.78 Å². The zero-order valence-electron chi connectivity index (χ0n) is 10.5. The fourth-order valence-electron chi connectivity index (χ4n) is 2.18. The van der Waals surface area contributed by atoms with E-state index in [4.69, 9.17) is 0 Å². The van der Waals surface area contributed by atoms with Crippen molar-refractivity contribution in [2.75, 3.05) is 11.4 Å². The molecule has 0 bridgehead atoms. The standard InChI is InChI=1S/C13H16N2O3/c1-3-14(10-4-5-10)11-6-7-13(15(17)18)12(8-11)9(2)16/h6-8,10H,3-5H2,1-2H3. The number of hydrogen-bond acceptors (Lipinski definition) is 4. The third-order valence-electron chi connectivity index (χ3n) is 3.22. The summed E-state index contributed by atoms with van der Waals surface area (Å²) in [4.78, 5) is 24.0. The Morgan fingerprint density at radius 2 is 2.17 bits per heavy atom. The highest BCUT2D eigenvalue weighted by Crippen LogP contribution is 2.33. The highest BCUT2D eigenvalue weighted by Gasteiger charge is 2.29. The molecule has 0 saturated heterocycles. The van der Waals surface area contributed by atoms with E-state index in [0.29, 0.717) is 6.04 Å². The van der Waals surface area contributed by atoms with Crippen molar-refractivity contribution in [2.45, 2.75) is 32.7 Å². The maximum Gasteiger partial charge on any atom is 0.280 e. The van der Waals surface area contributed by atoms with Gasteiger partial charge in [0.05, 0.1) is 10.5 Å². The van der Waals surface area contributed by atoms with Crippen molar-refractivity contribution in [2.24, 2.45) is 0 Å². The van der Waals surface area contributed by atoms with Crippen molar-refractivity contribution >= 4 is 17.2 Å². The lowest BCUT2D eigenvalue weighted by Gasteiger charge is -2.23. The number of anilines is 1. The van der Waals surface area contributed by atoms with Crippen LogP contribution in [0.15, 0.2) is 18.2 Å². The smallest absolute Gasteiger partial charge is 0.280 e. The molecule has 5 heteroatoms. The van der Waals surface area contributed by atoms with E-state index in [1.807, 2.05) is 6.92 Å². The zero-order valence-corrected chi connectivity index (χ0v) is 10.5. The highest BCUT2D eigenvalue weighted by molar-refractivity contribution is 5.99. The van der Waals surface area contributed by atoms with Crippen LogP contribution >= 0.6 is 0 Å². The van der Waals surface area contributed by atoms with E-state index < -0.39 is 4.92 Å². The number of carbonyl (C=O) groups is 1. The second kappa shape index (κ2) is 4.76. The molecule has 0 heterocycles. The second-order valence-corrected chi connectivity index (χ2v) is 4.53. The van der Waals surface area contributed by atoms with Crippen LogP contribution in [-0.2, 0) is 0 Å². The Balaban J connectivity index is 2.41. The van der Waals surface area contributed by atoms with Gasteiger partial charge in [-0.1, -0.05) is 0 Å². The number of rotatable bonds is 5. The summed E-state index contributed by atoms with van der Waals surface area (Å²) in [5, 5.41) is 10.9. The normalized spacial score (nSPS) is 14.3. The fraction of sp³-hybridized carbons (Fsp3) is 0.462. The summed E-state index contributed by atoms with van der Waals surface area (Å²) >= 11 is 0. The van der Waals surface area contributed by atoms with E-state index in [1.54, 1.807) is 12.1 Å². The van der Waals surface area contributed by atoms with E-state index in [1.165, 1.54) is 13.0 Å². The summed E-state index contributed by atoms with van der Waals surface area (Å²) in [5.74, 6) is -0.268. The van der Waals surface area contributed by atoms with Crippen LogP contribution < -0.4 is 4.90 Å².